The van der Waals surface area contributed by atoms with E-state index < -0.39 is 0 Å². The van der Waals surface area contributed by atoms with Gasteiger partial charge in [0.05, 0.1) is 5.69 Å². The van der Waals surface area contributed by atoms with Crippen molar-refractivity contribution in [2.75, 3.05) is 13.1 Å². The summed E-state index contributed by atoms with van der Waals surface area (Å²) in [6.07, 6.45) is 2.20. The van der Waals surface area contributed by atoms with E-state index in [1.165, 1.54) is 6.42 Å². The average Bonchev–Trinajstić information content (AvgIpc) is 2.91. The molecule has 1 unspecified atom stereocenters. The van der Waals surface area contributed by atoms with Gasteiger partial charge in [-0.3, -0.25) is 0 Å². The number of hydrogen-bond donors (Lipinski definition) is 1. The van der Waals surface area contributed by atoms with Crippen molar-refractivity contribution >= 4 is 15.9 Å². The molecule has 1 aliphatic heterocycles. The Morgan fingerprint density at radius 2 is 2.05 bits per heavy atom. The van der Waals surface area contributed by atoms with E-state index in [-0.39, 0.29) is 0 Å². The summed E-state index contributed by atoms with van der Waals surface area (Å²) in [6, 6.07) is 10.3. The molecule has 1 aromatic carbocycles. The van der Waals surface area contributed by atoms with E-state index in [1.807, 2.05) is 19.1 Å². The van der Waals surface area contributed by atoms with Crippen molar-refractivity contribution in [3.8, 4) is 11.3 Å². The Kier molecular flexibility index (Phi) is 4.13. The van der Waals surface area contributed by atoms with Crippen LogP contribution in [0.5, 0.6) is 0 Å². The SMILES string of the molecule is Cc1cc(-c2ccc(Br)cc2)nc(CC2CCNC2)n1. The topological polar surface area (TPSA) is 37.8 Å². The van der Waals surface area contributed by atoms with Crippen molar-refractivity contribution in [1.29, 1.82) is 0 Å². The molecule has 3 rings (SSSR count). The summed E-state index contributed by atoms with van der Waals surface area (Å²) in [5.41, 5.74) is 3.20. The summed E-state index contributed by atoms with van der Waals surface area (Å²) in [6.45, 7) is 4.25. The third-order valence-electron chi connectivity index (χ3n) is 3.67. The van der Waals surface area contributed by atoms with Gasteiger partial charge in [-0.2, -0.15) is 0 Å². The second-order valence-corrected chi connectivity index (χ2v) is 6.30. The fourth-order valence-corrected chi connectivity index (χ4v) is 2.90. The second-order valence-electron chi connectivity index (χ2n) is 5.38. The van der Waals surface area contributed by atoms with Crippen LogP contribution in [0.2, 0.25) is 0 Å². The lowest BCUT2D eigenvalue weighted by molar-refractivity contribution is 0.561. The normalized spacial score (nSPS) is 18.4. The Labute approximate surface area is 128 Å². The highest BCUT2D eigenvalue weighted by atomic mass is 79.9. The molecule has 1 fully saturated rings. The van der Waals surface area contributed by atoms with Crippen LogP contribution >= 0.6 is 15.9 Å². The van der Waals surface area contributed by atoms with Crippen LogP contribution < -0.4 is 5.32 Å². The molecule has 1 N–H and O–H groups in total. The molecule has 1 atom stereocenters. The van der Waals surface area contributed by atoms with Crippen molar-refractivity contribution < 1.29 is 0 Å². The number of benzene rings is 1. The first kappa shape index (κ1) is 13.7. The summed E-state index contributed by atoms with van der Waals surface area (Å²) in [5, 5.41) is 3.40. The largest absolute Gasteiger partial charge is 0.316 e. The van der Waals surface area contributed by atoms with Crippen LogP contribution in [0, 0.1) is 12.8 Å². The summed E-state index contributed by atoms with van der Waals surface area (Å²) in [4.78, 5) is 9.34. The number of aromatic nitrogens is 2. The number of aryl methyl sites for hydroxylation is 1. The zero-order valence-corrected chi connectivity index (χ0v) is 13.2. The highest BCUT2D eigenvalue weighted by Gasteiger charge is 2.17. The van der Waals surface area contributed by atoms with Gasteiger partial charge in [-0.1, -0.05) is 28.1 Å². The molecule has 0 bridgehead atoms. The summed E-state index contributed by atoms with van der Waals surface area (Å²) < 4.78 is 1.09. The fourth-order valence-electron chi connectivity index (χ4n) is 2.64. The smallest absolute Gasteiger partial charge is 0.129 e. The molecule has 0 aliphatic carbocycles. The quantitative estimate of drug-likeness (QED) is 0.936. The number of rotatable bonds is 3. The maximum absolute atomic E-state index is 4.74. The minimum Gasteiger partial charge on any atom is -0.316 e. The molecule has 0 spiro atoms. The van der Waals surface area contributed by atoms with Crippen LogP contribution in [0.3, 0.4) is 0 Å². The molecule has 0 amide bonds. The molecular weight excluding hydrogens is 314 g/mol. The van der Waals surface area contributed by atoms with E-state index in [1.54, 1.807) is 0 Å². The molecule has 1 saturated heterocycles. The van der Waals surface area contributed by atoms with Gasteiger partial charge in [0.25, 0.3) is 0 Å². The van der Waals surface area contributed by atoms with E-state index in [9.17, 15) is 0 Å². The van der Waals surface area contributed by atoms with Gasteiger partial charge in [-0.15, -0.1) is 0 Å². The lowest BCUT2D eigenvalue weighted by atomic mass is 10.0. The molecule has 2 heterocycles. The lowest BCUT2D eigenvalue weighted by Gasteiger charge is -2.10. The van der Waals surface area contributed by atoms with Crippen molar-refractivity contribution in [3.63, 3.8) is 0 Å². The Balaban J connectivity index is 1.87. The number of hydrogen-bond acceptors (Lipinski definition) is 3. The second kappa shape index (κ2) is 6.02. The minimum absolute atomic E-state index is 0.676. The Bertz CT molecular complexity index is 589. The zero-order chi connectivity index (χ0) is 13.9. The van der Waals surface area contributed by atoms with Crippen LogP contribution in [0.4, 0.5) is 0 Å². The van der Waals surface area contributed by atoms with Crippen LogP contribution in [-0.4, -0.2) is 23.1 Å². The first-order valence-electron chi connectivity index (χ1n) is 7.02. The van der Waals surface area contributed by atoms with Crippen molar-refractivity contribution in [3.05, 3.63) is 46.3 Å². The third kappa shape index (κ3) is 3.25. The fraction of sp³-hybridized carbons (Fsp3) is 0.375. The predicted octanol–water partition coefficient (Wildman–Crippen LogP) is 3.37. The van der Waals surface area contributed by atoms with E-state index >= 15 is 0 Å². The maximum Gasteiger partial charge on any atom is 0.129 e. The number of nitrogens with zero attached hydrogens (tertiary/aromatic N) is 2. The van der Waals surface area contributed by atoms with E-state index in [0.717, 1.165) is 46.8 Å². The maximum atomic E-state index is 4.74. The van der Waals surface area contributed by atoms with Crippen molar-refractivity contribution in [2.24, 2.45) is 5.92 Å². The van der Waals surface area contributed by atoms with Crippen LogP contribution in [0.15, 0.2) is 34.8 Å². The third-order valence-corrected chi connectivity index (χ3v) is 4.20. The van der Waals surface area contributed by atoms with Gasteiger partial charge in [-0.05, 0) is 50.6 Å². The van der Waals surface area contributed by atoms with E-state index in [4.69, 9.17) is 4.98 Å². The van der Waals surface area contributed by atoms with Gasteiger partial charge in [0, 0.05) is 22.2 Å². The highest BCUT2D eigenvalue weighted by molar-refractivity contribution is 9.10. The number of halogens is 1. The molecular formula is C16H18BrN3. The molecule has 1 aliphatic rings. The molecule has 2 aromatic rings. The number of nitrogens with one attached hydrogen (secondary N) is 1. The first-order chi connectivity index (χ1) is 9.70. The van der Waals surface area contributed by atoms with Crippen LogP contribution in [0.25, 0.3) is 11.3 Å². The zero-order valence-electron chi connectivity index (χ0n) is 11.6. The van der Waals surface area contributed by atoms with Gasteiger partial charge < -0.3 is 5.32 Å². The molecule has 104 valence electrons. The predicted molar refractivity (Wildman–Crippen MR) is 84.6 cm³/mol. The molecule has 3 nitrogen and oxygen atoms in total. The standard InChI is InChI=1S/C16H18BrN3/c1-11-8-15(13-2-4-14(17)5-3-13)20-16(19-11)9-12-6-7-18-10-12/h2-5,8,12,18H,6-7,9-10H2,1H3. The average molecular weight is 332 g/mol. The van der Waals surface area contributed by atoms with Gasteiger partial charge in [-0.25, -0.2) is 9.97 Å². The highest BCUT2D eigenvalue weighted by Crippen LogP contribution is 2.22. The van der Waals surface area contributed by atoms with Crippen LogP contribution in [0.1, 0.15) is 17.9 Å². The van der Waals surface area contributed by atoms with Crippen LogP contribution in [-0.2, 0) is 6.42 Å². The molecule has 0 radical (unpaired) electrons. The first-order valence-corrected chi connectivity index (χ1v) is 7.81. The van der Waals surface area contributed by atoms with E-state index in [0.29, 0.717) is 5.92 Å². The van der Waals surface area contributed by atoms with Gasteiger partial charge >= 0.3 is 0 Å². The monoisotopic (exact) mass is 331 g/mol. The van der Waals surface area contributed by atoms with Gasteiger partial charge in [0.2, 0.25) is 0 Å². The molecule has 20 heavy (non-hydrogen) atoms. The molecule has 4 heteroatoms. The Morgan fingerprint density at radius 3 is 2.75 bits per heavy atom. The Morgan fingerprint density at radius 1 is 1.25 bits per heavy atom. The van der Waals surface area contributed by atoms with E-state index in [2.05, 4.69) is 44.4 Å². The summed E-state index contributed by atoms with van der Waals surface area (Å²) in [7, 11) is 0. The minimum atomic E-state index is 0.676. The lowest BCUT2D eigenvalue weighted by Crippen LogP contribution is -2.12. The summed E-state index contributed by atoms with van der Waals surface area (Å²) in [5.74, 6) is 1.64. The molecule has 0 saturated carbocycles. The molecule has 1 aromatic heterocycles. The van der Waals surface area contributed by atoms with Gasteiger partial charge in [0.1, 0.15) is 5.82 Å². The summed E-state index contributed by atoms with van der Waals surface area (Å²) >= 11 is 3.47. The van der Waals surface area contributed by atoms with Gasteiger partial charge in [0.15, 0.2) is 0 Å². The van der Waals surface area contributed by atoms with Crippen molar-refractivity contribution in [1.82, 2.24) is 15.3 Å². The van der Waals surface area contributed by atoms with Crippen molar-refractivity contribution in [2.45, 2.75) is 19.8 Å². The Hall–Kier alpha value is -1.26.